The zero-order valence-electron chi connectivity index (χ0n) is 19.8. The van der Waals surface area contributed by atoms with E-state index in [-0.39, 0.29) is 17.4 Å². The lowest BCUT2D eigenvalue weighted by atomic mass is 9.53. The van der Waals surface area contributed by atoms with Crippen LogP contribution >= 0.6 is 0 Å². The zero-order valence-corrected chi connectivity index (χ0v) is 19.8. The van der Waals surface area contributed by atoms with Crippen molar-refractivity contribution in [3.63, 3.8) is 0 Å². The van der Waals surface area contributed by atoms with Crippen molar-refractivity contribution < 1.29 is 9.59 Å². The molecule has 0 aromatic heterocycles. The van der Waals surface area contributed by atoms with Gasteiger partial charge in [-0.3, -0.25) is 9.59 Å². The maximum Gasteiger partial charge on any atom is 0.220 e. The van der Waals surface area contributed by atoms with Gasteiger partial charge in [-0.15, -0.1) is 0 Å². The van der Waals surface area contributed by atoms with Crippen LogP contribution in [0.1, 0.15) is 116 Å². The third-order valence-corrected chi connectivity index (χ3v) is 7.95. The molecule has 31 heavy (non-hydrogen) atoms. The van der Waals surface area contributed by atoms with Gasteiger partial charge in [0, 0.05) is 24.9 Å². The smallest absolute Gasteiger partial charge is 0.220 e. The van der Waals surface area contributed by atoms with E-state index in [2.05, 4.69) is 10.6 Å². The molecule has 4 bridgehead atoms. The monoisotopic (exact) mass is 433 g/mol. The first-order valence-electron chi connectivity index (χ1n) is 13.4. The quantitative estimate of drug-likeness (QED) is 0.305. The summed E-state index contributed by atoms with van der Waals surface area (Å²) in [5.41, 5.74) is 5.65. The van der Waals surface area contributed by atoms with Gasteiger partial charge in [0.05, 0.1) is 0 Å². The fourth-order valence-electron chi connectivity index (χ4n) is 6.84. The molecule has 178 valence electrons. The van der Waals surface area contributed by atoms with E-state index in [9.17, 15) is 9.59 Å². The zero-order chi connectivity index (χ0) is 21.9. The molecule has 4 N–H and O–H groups in total. The molecule has 0 atom stereocenters. The Labute approximate surface area is 190 Å². The van der Waals surface area contributed by atoms with Gasteiger partial charge < -0.3 is 16.4 Å². The van der Waals surface area contributed by atoms with Gasteiger partial charge in [-0.25, -0.2) is 0 Å². The van der Waals surface area contributed by atoms with Crippen LogP contribution in [0.4, 0.5) is 0 Å². The maximum absolute atomic E-state index is 12.5. The number of amides is 2. The topological polar surface area (TPSA) is 84.2 Å². The second kappa shape index (κ2) is 12.8. The van der Waals surface area contributed by atoms with Crippen molar-refractivity contribution in [2.45, 2.75) is 121 Å². The highest BCUT2D eigenvalue weighted by Crippen LogP contribution is 2.55. The minimum Gasteiger partial charge on any atom is -0.356 e. The summed E-state index contributed by atoms with van der Waals surface area (Å²) in [4.78, 5) is 24.4. The van der Waals surface area contributed by atoms with Gasteiger partial charge in [-0.05, 0) is 88.5 Å². The minimum atomic E-state index is 0.161. The molecule has 4 aliphatic carbocycles. The van der Waals surface area contributed by atoms with E-state index in [0.29, 0.717) is 12.8 Å². The Balaban J connectivity index is 1.13. The molecule has 4 aliphatic rings. The van der Waals surface area contributed by atoms with Crippen LogP contribution in [-0.2, 0) is 9.59 Å². The maximum atomic E-state index is 12.5. The van der Waals surface area contributed by atoms with Gasteiger partial charge >= 0.3 is 0 Å². The summed E-state index contributed by atoms with van der Waals surface area (Å²) in [5.74, 6) is 3.13. The number of carbonyl (C=O) groups is 2. The van der Waals surface area contributed by atoms with E-state index in [0.717, 1.165) is 82.2 Å². The van der Waals surface area contributed by atoms with Gasteiger partial charge in [0.25, 0.3) is 0 Å². The number of carbonyl (C=O) groups excluding carboxylic acids is 2. The molecule has 0 heterocycles. The lowest BCUT2D eigenvalue weighted by Gasteiger charge is -2.56. The Morgan fingerprint density at radius 1 is 0.677 bits per heavy atom. The molecular weight excluding hydrogens is 386 g/mol. The molecule has 4 rings (SSSR count). The third-order valence-electron chi connectivity index (χ3n) is 7.95. The molecule has 0 aliphatic heterocycles. The highest BCUT2D eigenvalue weighted by molar-refractivity contribution is 5.77. The van der Waals surface area contributed by atoms with Crippen molar-refractivity contribution in [2.24, 2.45) is 23.5 Å². The fraction of sp³-hybridized carbons (Fsp3) is 0.923. The summed E-state index contributed by atoms with van der Waals surface area (Å²) in [6.07, 6.45) is 20.3. The average molecular weight is 434 g/mol. The van der Waals surface area contributed by atoms with Crippen LogP contribution in [0.5, 0.6) is 0 Å². The number of rotatable bonds is 16. The van der Waals surface area contributed by atoms with Gasteiger partial charge in [-0.1, -0.05) is 38.5 Å². The minimum absolute atomic E-state index is 0.161. The van der Waals surface area contributed by atoms with Crippen LogP contribution < -0.4 is 16.4 Å². The van der Waals surface area contributed by atoms with Crippen LogP contribution in [-0.4, -0.2) is 30.4 Å². The summed E-state index contributed by atoms with van der Waals surface area (Å²) in [5, 5.41) is 6.53. The van der Waals surface area contributed by atoms with Crippen molar-refractivity contribution in [3.05, 3.63) is 0 Å². The Bertz CT molecular complexity index is 528. The lowest BCUT2D eigenvalue weighted by molar-refractivity contribution is -0.127. The SMILES string of the molecule is NCCCCCCCC(=O)NCCCCCCCC(=O)NC12CC3CC(CC(C3)C1)C2. The van der Waals surface area contributed by atoms with E-state index in [4.69, 9.17) is 5.73 Å². The Morgan fingerprint density at radius 3 is 1.74 bits per heavy atom. The Morgan fingerprint density at radius 2 is 1.16 bits per heavy atom. The average Bonchev–Trinajstić information content (AvgIpc) is 2.71. The van der Waals surface area contributed by atoms with E-state index < -0.39 is 0 Å². The highest BCUT2D eigenvalue weighted by atomic mass is 16.2. The molecular formula is C26H47N3O2. The van der Waals surface area contributed by atoms with Crippen molar-refractivity contribution >= 4 is 11.8 Å². The molecule has 5 heteroatoms. The second-order valence-electron chi connectivity index (χ2n) is 10.9. The first-order chi connectivity index (χ1) is 15.1. The largest absolute Gasteiger partial charge is 0.356 e. The molecule has 0 unspecified atom stereocenters. The summed E-state index contributed by atoms with van der Waals surface area (Å²) >= 11 is 0. The molecule has 4 saturated carbocycles. The van der Waals surface area contributed by atoms with Crippen molar-refractivity contribution in [2.75, 3.05) is 13.1 Å². The molecule has 0 aromatic carbocycles. The van der Waals surface area contributed by atoms with Gasteiger partial charge in [0.2, 0.25) is 11.8 Å². The van der Waals surface area contributed by atoms with Gasteiger partial charge in [-0.2, -0.15) is 0 Å². The number of unbranched alkanes of at least 4 members (excludes halogenated alkanes) is 8. The lowest BCUT2D eigenvalue weighted by Crippen LogP contribution is -2.59. The molecule has 4 fully saturated rings. The normalized spacial score (nSPS) is 28.6. The van der Waals surface area contributed by atoms with Crippen LogP contribution in [0.15, 0.2) is 0 Å². The van der Waals surface area contributed by atoms with Crippen LogP contribution in [0, 0.1) is 17.8 Å². The van der Waals surface area contributed by atoms with Crippen molar-refractivity contribution in [1.29, 1.82) is 0 Å². The number of nitrogens with one attached hydrogen (secondary N) is 2. The van der Waals surface area contributed by atoms with Crippen LogP contribution in [0.3, 0.4) is 0 Å². The van der Waals surface area contributed by atoms with Gasteiger partial charge in [0.1, 0.15) is 0 Å². The van der Waals surface area contributed by atoms with Crippen molar-refractivity contribution in [1.82, 2.24) is 10.6 Å². The molecule has 0 saturated heterocycles. The highest BCUT2D eigenvalue weighted by Gasteiger charge is 2.51. The summed E-state index contributed by atoms with van der Waals surface area (Å²) < 4.78 is 0. The summed E-state index contributed by atoms with van der Waals surface area (Å²) in [6, 6.07) is 0. The van der Waals surface area contributed by atoms with E-state index in [1.54, 1.807) is 0 Å². The molecule has 2 amide bonds. The van der Waals surface area contributed by atoms with Crippen LogP contribution in [0.25, 0.3) is 0 Å². The predicted octanol–water partition coefficient (Wildman–Crippen LogP) is 4.83. The number of hydrogen-bond donors (Lipinski definition) is 3. The number of hydrogen-bond acceptors (Lipinski definition) is 3. The van der Waals surface area contributed by atoms with E-state index >= 15 is 0 Å². The fourth-order valence-corrected chi connectivity index (χ4v) is 6.84. The second-order valence-corrected chi connectivity index (χ2v) is 10.9. The van der Waals surface area contributed by atoms with Crippen LogP contribution in [0.2, 0.25) is 0 Å². The number of nitrogens with two attached hydrogens (primary N) is 1. The van der Waals surface area contributed by atoms with E-state index in [1.165, 1.54) is 51.4 Å². The Kier molecular flexibility index (Phi) is 10.1. The summed E-state index contributed by atoms with van der Waals surface area (Å²) in [6.45, 7) is 1.56. The first-order valence-corrected chi connectivity index (χ1v) is 13.4. The molecule has 5 nitrogen and oxygen atoms in total. The molecule has 0 aromatic rings. The Hall–Kier alpha value is -1.10. The van der Waals surface area contributed by atoms with E-state index in [1.807, 2.05) is 0 Å². The van der Waals surface area contributed by atoms with Crippen molar-refractivity contribution in [3.8, 4) is 0 Å². The standard InChI is InChI=1S/C26H47N3O2/c27-13-9-5-1-3-7-11-24(30)28-14-10-6-2-4-8-12-25(31)29-26-18-21-15-22(19-26)17-23(16-21)20-26/h21-23H,1-20,27H2,(H,28,30)(H,29,31). The predicted molar refractivity (Wildman–Crippen MR) is 127 cm³/mol. The first kappa shape index (κ1) is 24.5. The van der Waals surface area contributed by atoms with Gasteiger partial charge in [0.15, 0.2) is 0 Å². The third kappa shape index (κ3) is 8.40. The summed E-state index contributed by atoms with van der Waals surface area (Å²) in [7, 11) is 0. The molecule has 0 spiro atoms. The molecule has 0 radical (unpaired) electrons.